The van der Waals surface area contributed by atoms with Gasteiger partial charge in [0.25, 0.3) is 0 Å². The SMILES string of the molecule is CCC1CCN(c2cc(NN)nc(SC)n2)C1. The molecular formula is C11H19N5S. The van der Waals surface area contributed by atoms with Crippen molar-refractivity contribution in [1.29, 1.82) is 0 Å². The molecule has 0 saturated carbocycles. The van der Waals surface area contributed by atoms with E-state index < -0.39 is 0 Å². The van der Waals surface area contributed by atoms with E-state index in [2.05, 4.69) is 27.2 Å². The van der Waals surface area contributed by atoms with Crippen molar-refractivity contribution in [3.8, 4) is 0 Å². The third-order valence-corrected chi connectivity index (χ3v) is 3.76. The second kappa shape index (κ2) is 5.55. The first-order valence-corrected chi connectivity index (χ1v) is 7.14. The monoisotopic (exact) mass is 253 g/mol. The Morgan fingerprint density at radius 2 is 2.41 bits per heavy atom. The Labute approximate surface area is 106 Å². The normalized spacial score (nSPS) is 19.7. The van der Waals surface area contributed by atoms with Crippen molar-refractivity contribution >= 4 is 23.4 Å². The molecule has 0 aromatic carbocycles. The summed E-state index contributed by atoms with van der Waals surface area (Å²) in [6, 6.07) is 1.91. The average molecular weight is 253 g/mol. The third kappa shape index (κ3) is 2.81. The molecule has 17 heavy (non-hydrogen) atoms. The third-order valence-electron chi connectivity index (χ3n) is 3.21. The first kappa shape index (κ1) is 12.4. The largest absolute Gasteiger partial charge is 0.356 e. The maximum atomic E-state index is 5.43. The molecule has 1 aromatic heterocycles. The zero-order chi connectivity index (χ0) is 12.3. The van der Waals surface area contributed by atoms with Gasteiger partial charge >= 0.3 is 0 Å². The van der Waals surface area contributed by atoms with Crippen LogP contribution in [0.15, 0.2) is 11.2 Å². The predicted octanol–water partition coefficient (Wildman–Crippen LogP) is 1.72. The predicted molar refractivity (Wildman–Crippen MR) is 72.2 cm³/mol. The Morgan fingerprint density at radius 1 is 1.59 bits per heavy atom. The maximum absolute atomic E-state index is 5.43. The van der Waals surface area contributed by atoms with Gasteiger partial charge in [-0.2, -0.15) is 0 Å². The van der Waals surface area contributed by atoms with Crippen LogP contribution < -0.4 is 16.2 Å². The summed E-state index contributed by atoms with van der Waals surface area (Å²) in [7, 11) is 0. The van der Waals surface area contributed by atoms with Crippen molar-refractivity contribution in [2.45, 2.75) is 24.9 Å². The number of anilines is 2. The van der Waals surface area contributed by atoms with Gasteiger partial charge in [0.05, 0.1) is 0 Å². The lowest BCUT2D eigenvalue weighted by Gasteiger charge is -2.18. The average Bonchev–Trinajstić information content (AvgIpc) is 2.86. The van der Waals surface area contributed by atoms with Gasteiger partial charge in [-0.1, -0.05) is 25.1 Å². The number of aromatic nitrogens is 2. The number of hydrazine groups is 1. The van der Waals surface area contributed by atoms with Crippen LogP contribution in [0.5, 0.6) is 0 Å². The van der Waals surface area contributed by atoms with Gasteiger partial charge in [-0.3, -0.25) is 0 Å². The Balaban J connectivity index is 2.20. The van der Waals surface area contributed by atoms with Crippen LogP contribution in [0.1, 0.15) is 19.8 Å². The van der Waals surface area contributed by atoms with Crippen molar-refractivity contribution in [3.63, 3.8) is 0 Å². The Bertz CT molecular complexity index is 362. The number of nitrogen functional groups attached to an aromatic ring is 1. The number of hydrogen-bond donors (Lipinski definition) is 2. The van der Waals surface area contributed by atoms with Crippen LogP contribution in [-0.4, -0.2) is 29.3 Å². The number of nitrogens with one attached hydrogen (secondary N) is 1. The van der Waals surface area contributed by atoms with Gasteiger partial charge in [-0.15, -0.1) is 0 Å². The minimum atomic E-state index is 0.680. The summed E-state index contributed by atoms with van der Waals surface area (Å²) in [6.07, 6.45) is 4.46. The first-order valence-electron chi connectivity index (χ1n) is 5.91. The van der Waals surface area contributed by atoms with E-state index in [-0.39, 0.29) is 0 Å². The Hall–Kier alpha value is -1.01. The second-order valence-electron chi connectivity index (χ2n) is 4.25. The highest BCUT2D eigenvalue weighted by atomic mass is 32.2. The smallest absolute Gasteiger partial charge is 0.191 e. The topological polar surface area (TPSA) is 67.1 Å². The molecule has 94 valence electrons. The lowest BCUT2D eigenvalue weighted by molar-refractivity contribution is 0.568. The van der Waals surface area contributed by atoms with Crippen molar-refractivity contribution in [2.24, 2.45) is 11.8 Å². The molecule has 1 aliphatic heterocycles. The summed E-state index contributed by atoms with van der Waals surface area (Å²) in [5, 5.41) is 0.760. The lowest BCUT2D eigenvalue weighted by Crippen LogP contribution is -2.22. The van der Waals surface area contributed by atoms with Crippen LogP contribution in [0.4, 0.5) is 11.6 Å². The number of hydrogen-bond acceptors (Lipinski definition) is 6. The van der Waals surface area contributed by atoms with E-state index >= 15 is 0 Å². The molecule has 2 rings (SSSR count). The van der Waals surface area contributed by atoms with E-state index in [9.17, 15) is 0 Å². The highest BCUT2D eigenvalue weighted by Gasteiger charge is 2.22. The summed E-state index contributed by atoms with van der Waals surface area (Å²) in [5.74, 6) is 7.88. The second-order valence-corrected chi connectivity index (χ2v) is 5.02. The van der Waals surface area contributed by atoms with Gasteiger partial charge in [0.15, 0.2) is 5.16 Å². The fourth-order valence-electron chi connectivity index (χ4n) is 2.11. The van der Waals surface area contributed by atoms with Crippen LogP contribution in [0, 0.1) is 5.92 Å². The van der Waals surface area contributed by atoms with Gasteiger partial charge in [0.1, 0.15) is 11.6 Å². The van der Waals surface area contributed by atoms with Crippen LogP contribution >= 0.6 is 11.8 Å². The van der Waals surface area contributed by atoms with Gasteiger partial charge in [0.2, 0.25) is 0 Å². The molecule has 0 bridgehead atoms. The van der Waals surface area contributed by atoms with Gasteiger partial charge in [0, 0.05) is 19.2 Å². The van der Waals surface area contributed by atoms with Gasteiger partial charge in [-0.05, 0) is 18.6 Å². The molecular weight excluding hydrogens is 234 g/mol. The van der Waals surface area contributed by atoms with Crippen molar-refractivity contribution in [3.05, 3.63) is 6.07 Å². The highest BCUT2D eigenvalue weighted by molar-refractivity contribution is 7.98. The first-order chi connectivity index (χ1) is 8.26. The maximum Gasteiger partial charge on any atom is 0.191 e. The molecule has 2 heterocycles. The summed E-state index contributed by atoms with van der Waals surface area (Å²) in [6.45, 7) is 4.41. The van der Waals surface area contributed by atoms with Crippen molar-refractivity contribution in [1.82, 2.24) is 9.97 Å². The molecule has 0 spiro atoms. The standard InChI is InChI=1S/C11H19N5S/c1-3-8-4-5-16(7-8)10-6-9(15-12)13-11(14-10)17-2/h6,8H,3-5,7,12H2,1-2H3,(H,13,14,15). The number of rotatable bonds is 4. The zero-order valence-corrected chi connectivity index (χ0v) is 11.1. The van der Waals surface area contributed by atoms with E-state index in [1.807, 2.05) is 12.3 Å². The minimum absolute atomic E-state index is 0.680. The Morgan fingerprint density at radius 3 is 3.00 bits per heavy atom. The molecule has 1 aromatic rings. The lowest BCUT2D eigenvalue weighted by atomic mass is 10.1. The van der Waals surface area contributed by atoms with E-state index in [1.165, 1.54) is 24.6 Å². The summed E-state index contributed by atoms with van der Waals surface area (Å²) in [5.41, 5.74) is 2.60. The molecule has 1 fully saturated rings. The van der Waals surface area contributed by atoms with Crippen LogP contribution in [0.25, 0.3) is 0 Å². The zero-order valence-electron chi connectivity index (χ0n) is 10.3. The molecule has 1 atom stereocenters. The molecule has 0 amide bonds. The Kier molecular flexibility index (Phi) is 4.06. The van der Waals surface area contributed by atoms with E-state index in [0.717, 1.165) is 30.0 Å². The van der Waals surface area contributed by atoms with Crippen molar-refractivity contribution in [2.75, 3.05) is 29.7 Å². The summed E-state index contributed by atoms with van der Waals surface area (Å²) in [4.78, 5) is 11.1. The van der Waals surface area contributed by atoms with Crippen molar-refractivity contribution < 1.29 is 0 Å². The fourth-order valence-corrected chi connectivity index (χ4v) is 2.49. The molecule has 1 aliphatic rings. The number of nitrogens with zero attached hydrogens (tertiary/aromatic N) is 3. The molecule has 1 saturated heterocycles. The van der Waals surface area contributed by atoms with E-state index in [4.69, 9.17) is 5.84 Å². The molecule has 0 aliphatic carbocycles. The van der Waals surface area contributed by atoms with Gasteiger partial charge in [-0.25, -0.2) is 15.8 Å². The summed E-state index contributed by atoms with van der Waals surface area (Å²) < 4.78 is 0. The van der Waals surface area contributed by atoms with Crippen LogP contribution in [-0.2, 0) is 0 Å². The highest BCUT2D eigenvalue weighted by Crippen LogP contribution is 2.26. The molecule has 6 heteroatoms. The molecule has 1 unspecified atom stereocenters. The quantitative estimate of drug-likeness (QED) is 0.368. The van der Waals surface area contributed by atoms with Crippen LogP contribution in [0.3, 0.4) is 0 Å². The molecule has 3 N–H and O–H groups in total. The molecule has 0 radical (unpaired) electrons. The fraction of sp³-hybridized carbons (Fsp3) is 0.636. The van der Waals surface area contributed by atoms with E-state index in [1.54, 1.807) is 0 Å². The number of thioether (sulfide) groups is 1. The minimum Gasteiger partial charge on any atom is -0.356 e. The van der Waals surface area contributed by atoms with E-state index in [0.29, 0.717) is 5.82 Å². The van der Waals surface area contributed by atoms with Crippen LogP contribution in [0.2, 0.25) is 0 Å². The van der Waals surface area contributed by atoms with Gasteiger partial charge < -0.3 is 10.3 Å². The molecule has 5 nitrogen and oxygen atoms in total. The summed E-state index contributed by atoms with van der Waals surface area (Å²) >= 11 is 1.53. The number of nitrogens with two attached hydrogens (primary N) is 1.